The van der Waals surface area contributed by atoms with Gasteiger partial charge < -0.3 is 14.5 Å². The molecule has 1 fully saturated rings. The van der Waals surface area contributed by atoms with Crippen LogP contribution in [0.15, 0.2) is 64.4 Å². The van der Waals surface area contributed by atoms with Gasteiger partial charge in [-0.25, -0.2) is 14.5 Å². The number of aromatic amines is 1. The molecule has 10 nitrogen and oxygen atoms in total. The maximum Gasteiger partial charge on any atom is 0.306 e. The Hall–Kier alpha value is -4.76. The predicted octanol–water partition coefficient (Wildman–Crippen LogP) is 6.12. The number of nitriles is 1. The summed E-state index contributed by atoms with van der Waals surface area (Å²) in [7, 11) is 0. The zero-order valence-electron chi connectivity index (χ0n) is 27.9. The summed E-state index contributed by atoms with van der Waals surface area (Å²) >= 11 is 1.50. The standard InChI is InChI=1S/C37H41FN6O4S/c1-3-5-6-25(4-2)24-48-35(45)13-18-49-28-9-10-29-30(21-28)33(41-42-36(29)46)20-26-7-11-32(38)31(19-26)37(47)44-16-14-43(15-17-44)34-12-8-27(22-39)23-40-34/h7-12,19,21,23,25H,3-6,13-18,20,24H2,1-2H3,(H,42,46). The number of aromatic nitrogens is 3. The molecule has 49 heavy (non-hydrogen) atoms. The van der Waals surface area contributed by atoms with Gasteiger partial charge in [0.05, 0.1) is 35.2 Å². The first-order chi connectivity index (χ1) is 23.8. The lowest BCUT2D eigenvalue weighted by atomic mass is 10.0. The van der Waals surface area contributed by atoms with Crippen molar-refractivity contribution in [1.29, 1.82) is 5.26 Å². The van der Waals surface area contributed by atoms with Crippen LogP contribution in [0.2, 0.25) is 0 Å². The monoisotopic (exact) mass is 684 g/mol. The van der Waals surface area contributed by atoms with Gasteiger partial charge in [-0.05, 0) is 60.4 Å². The summed E-state index contributed by atoms with van der Waals surface area (Å²) < 4.78 is 20.6. The third-order valence-corrected chi connectivity index (χ3v) is 9.83. The first kappa shape index (κ1) is 35.5. The minimum Gasteiger partial charge on any atom is -0.465 e. The van der Waals surface area contributed by atoms with E-state index in [9.17, 15) is 14.4 Å². The largest absolute Gasteiger partial charge is 0.465 e. The van der Waals surface area contributed by atoms with Gasteiger partial charge in [0.15, 0.2) is 0 Å². The molecule has 1 saturated heterocycles. The number of carbonyl (C=O) groups excluding carboxylic acids is 2. The predicted molar refractivity (Wildman–Crippen MR) is 188 cm³/mol. The molecule has 0 bridgehead atoms. The summed E-state index contributed by atoms with van der Waals surface area (Å²) in [5, 5.41) is 17.0. The van der Waals surface area contributed by atoms with E-state index in [-0.39, 0.29) is 29.9 Å². The van der Waals surface area contributed by atoms with Gasteiger partial charge in [0.25, 0.3) is 11.5 Å². The Bertz CT molecular complexity index is 1870. The Labute approximate surface area is 289 Å². The van der Waals surface area contributed by atoms with Crippen LogP contribution in [0, 0.1) is 23.1 Å². The molecular formula is C37H41FN6O4S. The summed E-state index contributed by atoms with van der Waals surface area (Å²) in [6, 6.07) is 15.5. The van der Waals surface area contributed by atoms with Gasteiger partial charge in [0.2, 0.25) is 0 Å². The molecule has 1 N–H and O–H groups in total. The third kappa shape index (κ3) is 9.23. The number of H-pyrrole nitrogens is 1. The fourth-order valence-corrected chi connectivity index (χ4v) is 6.71. The lowest BCUT2D eigenvalue weighted by Crippen LogP contribution is -2.49. The van der Waals surface area contributed by atoms with Crippen LogP contribution in [0.4, 0.5) is 10.2 Å². The molecule has 1 unspecified atom stereocenters. The van der Waals surface area contributed by atoms with Crippen LogP contribution in [0.5, 0.6) is 0 Å². The highest BCUT2D eigenvalue weighted by molar-refractivity contribution is 7.99. The fraction of sp³-hybridized carbons (Fsp3) is 0.405. The molecule has 256 valence electrons. The number of carbonyl (C=O) groups is 2. The third-order valence-electron chi connectivity index (χ3n) is 8.84. The summed E-state index contributed by atoms with van der Waals surface area (Å²) in [5.74, 6) is 0.438. The molecule has 0 radical (unpaired) electrons. The molecule has 1 amide bonds. The Morgan fingerprint density at radius 1 is 1.08 bits per heavy atom. The number of hydrogen-bond acceptors (Lipinski definition) is 9. The number of fused-ring (bicyclic) bond motifs is 1. The van der Waals surface area contributed by atoms with E-state index in [4.69, 9.17) is 10.00 Å². The normalized spacial score (nSPS) is 13.7. The van der Waals surface area contributed by atoms with E-state index in [0.29, 0.717) is 72.0 Å². The van der Waals surface area contributed by atoms with Crippen LogP contribution in [-0.4, -0.2) is 70.5 Å². The SMILES string of the molecule is CCCCC(CC)COC(=O)CCSc1ccc2c(=O)[nH]nc(Cc3ccc(F)c(C(=O)N4CCN(c5ccc(C#N)cn5)CC4)c3)c2c1. The number of benzene rings is 2. The minimum atomic E-state index is -0.604. The topological polar surface area (TPSA) is 132 Å². The van der Waals surface area contributed by atoms with Crippen molar-refractivity contribution in [2.45, 2.75) is 57.3 Å². The summed E-state index contributed by atoms with van der Waals surface area (Å²) in [6.45, 7) is 6.58. The first-order valence-corrected chi connectivity index (χ1v) is 17.8. The number of unbranched alkanes of at least 4 members (excludes halogenated alkanes) is 1. The molecule has 0 spiro atoms. The van der Waals surface area contributed by atoms with Crippen LogP contribution in [0.3, 0.4) is 0 Å². The van der Waals surface area contributed by atoms with Crippen molar-refractivity contribution in [2.24, 2.45) is 5.92 Å². The van der Waals surface area contributed by atoms with E-state index in [0.717, 1.165) is 36.4 Å². The van der Waals surface area contributed by atoms with Gasteiger partial charge in [-0.1, -0.05) is 39.2 Å². The van der Waals surface area contributed by atoms with Crippen molar-refractivity contribution in [3.8, 4) is 6.07 Å². The lowest BCUT2D eigenvalue weighted by Gasteiger charge is -2.35. The molecule has 3 heterocycles. The second-order valence-corrected chi connectivity index (χ2v) is 13.4. The van der Waals surface area contributed by atoms with Gasteiger partial charge in [0, 0.05) is 54.8 Å². The summed E-state index contributed by atoms with van der Waals surface area (Å²) in [6.07, 6.45) is 6.37. The Balaban J connectivity index is 1.22. The number of anilines is 1. The van der Waals surface area contributed by atoms with Gasteiger partial charge in [-0.3, -0.25) is 14.4 Å². The average molecular weight is 685 g/mol. The summed E-state index contributed by atoms with van der Waals surface area (Å²) in [4.78, 5) is 47.3. The second-order valence-electron chi connectivity index (χ2n) is 12.2. The number of halogens is 1. The van der Waals surface area contributed by atoms with Crippen molar-refractivity contribution in [1.82, 2.24) is 20.1 Å². The minimum absolute atomic E-state index is 0.0186. The molecule has 12 heteroatoms. The number of nitrogens with zero attached hydrogens (tertiary/aromatic N) is 5. The first-order valence-electron chi connectivity index (χ1n) is 16.8. The van der Waals surface area contributed by atoms with Crippen LogP contribution in [0.1, 0.15) is 73.1 Å². The number of hydrogen-bond donors (Lipinski definition) is 1. The quantitative estimate of drug-likeness (QED) is 0.123. The van der Waals surface area contributed by atoms with Crippen LogP contribution in [-0.2, 0) is 16.0 Å². The van der Waals surface area contributed by atoms with E-state index in [1.807, 2.05) is 17.0 Å². The zero-order chi connectivity index (χ0) is 34.8. The number of esters is 1. The van der Waals surface area contributed by atoms with Crippen molar-refractivity contribution in [2.75, 3.05) is 43.4 Å². The summed E-state index contributed by atoms with van der Waals surface area (Å²) in [5.41, 5.74) is 1.40. The van der Waals surface area contributed by atoms with Gasteiger partial charge in [-0.15, -0.1) is 11.8 Å². The number of pyridine rings is 1. The molecule has 2 aromatic heterocycles. The highest BCUT2D eigenvalue weighted by Gasteiger charge is 2.25. The highest BCUT2D eigenvalue weighted by atomic mass is 32.2. The van der Waals surface area contributed by atoms with E-state index >= 15 is 4.39 Å². The average Bonchev–Trinajstić information content (AvgIpc) is 3.13. The molecule has 0 aliphatic carbocycles. The fourth-order valence-electron chi connectivity index (χ4n) is 5.84. The van der Waals surface area contributed by atoms with E-state index in [1.54, 1.807) is 35.2 Å². The number of thioether (sulfide) groups is 1. The van der Waals surface area contributed by atoms with Crippen molar-refractivity contribution in [3.63, 3.8) is 0 Å². The van der Waals surface area contributed by atoms with Crippen molar-refractivity contribution >= 4 is 40.2 Å². The smallest absolute Gasteiger partial charge is 0.306 e. The van der Waals surface area contributed by atoms with Gasteiger partial charge in [0.1, 0.15) is 17.7 Å². The highest BCUT2D eigenvalue weighted by Crippen LogP contribution is 2.26. The molecule has 1 aliphatic rings. The molecule has 0 saturated carbocycles. The second kappa shape index (κ2) is 17.1. The Morgan fingerprint density at radius 2 is 1.90 bits per heavy atom. The number of nitrogens with one attached hydrogen (secondary N) is 1. The van der Waals surface area contributed by atoms with Crippen LogP contribution >= 0.6 is 11.8 Å². The number of ether oxygens (including phenoxy) is 1. The zero-order valence-corrected chi connectivity index (χ0v) is 28.7. The maximum absolute atomic E-state index is 15.0. The number of rotatable bonds is 14. The van der Waals surface area contributed by atoms with Crippen molar-refractivity contribution < 1.29 is 18.7 Å². The molecule has 4 aromatic rings. The molecule has 1 atom stereocenters. The Kier molecular flexibility index (Phi) is 12.4. The molecule has 5 rings (SSSR count). The molecule has 2 aromatic carbocycles. The van der Waals surface area contributed by atoms with Gasteiger partial charge >= 0.3 is 5.97 Å². The number of amides is 1. The molecular weight excluding hydrogens is 644 g/mol. The lowest BCUT2D eigenvalue weighted by molar-refractivity contribution is -0.144. The number of piperazine rings is 1. The van der Waals surface area contributed by atoms with Gasteiger partial charge in [-0.2, -0.15) is 10.4 Å². The van der Waals surface area contributed by atoms with Crippen molar-refractivity contribution in [3.05, 3.63) is 93.3 Å². The maximum atomic E-state index is 15.0. The van der Waals surface area contributed by atoms with Crippen LogP contribution in [0.25, 0.3) is 10.8 Å². The molecule has 1 aliphatic heterocycles. The Morgan fingerprint density at radius 3 is 2.61 bits per heavy atom. The van der Waals surface area contributed by atoms with E-state index < -0.39 is 11.7 Å². The van der Waals surface area contributed by atoms with E-state index in [2.05, 4.69) is 35.1 Å². The van der Waals surface area contributed by atoms with Crippen LogP contribution < -0.4 is 10.5 Å². The van der Waals surface area contributed by atoms with E-state index in [1.165, 1.54) is 24.0 Å².